The molecule has 3 aliphatic rings. The summed E-state index contributed by atoms with van der Waals surface area (Å²) in [6.07, 6.45) is 2.51. The third kappa shape index (κ3) is 29.4. The number of aromatic amines is 3. The fourth-order valence-corrected chi connectivity index (χ4v) is 17.5. The molecule has 0 aliphatic carbocycles. The average Bonchev–Trinajstić information content (AvgIpc) is 1.51. The Labute approximate surface area is 788 Å². The lowest BCUT2D eigenvalue weighted by Crippen LogP contribution is -2.61. The number of aliphatic carboxylic acids is 1. The van der Waals surface area contributed by atoms with Crippen LogP contribution < -0.4 is 75.7 Å². The predicted octanol–water partition coefficient (Wildman–Crippen LogP) is -3.64. The van der Waals surface area contributed by atoms with Gasteiger partial charge in [0, 0.05) is 131 Å². The van der Waals surface area contributed by atoms with Gasteiger partial charge in [0.05, 0.1) is 31.3 Å². The van der Waals surface area contributed by atoms with E-state index in [9.17, 15) is 63.6 Å². The van der Waals surface area contributed by atoms with Crippen LogP contribution in [0.15, 0.2) is 97.7 Å². The number of carboxylic acid groups (broad SMARTS) is 1. The Morgan fingerprint density at radius 1 is 0.551 bits per heavy atom. The first kappa shape index (κ1) is 106. The minimum atomic E-state index is -1.93. The number of aromatic nitrogens is 4. The lowest BCUT2D eigenvalue weighted by atomic mass is 10.00. The molecule has 0 spiro atoms. The lowest BCUT2D eigenvalue weighted by Gasteiger charge is -2.36. The Morgan fingerprint density at radius 2 is 1.09 bits per heavy atom. The molecule has 136 heavy (non-hydrogen) atoms. The van der Waals surface area contributed by atoms with Crippen LogP contribution in [0.3, 0.4) is 0 Å². The third-order valence-corrected chi connectivity index (χ3v) is 25.3. The minimum absolute atomic E-state index is 0.00550. The molecule has 0 bridgehead atoms. The number of amides is 16. The Bertz CT molecular complexity index is 5230. The van der Waals surface area contributed by atoms with E-state index in [2.05, 4.69) is 78.4 Å². The topological polar surface area (TPSA) is 682 Å². The molecule has 9 rings (SSSR count). The standard InChI is InChI=1S/C90H126N24O21S/c1-7-9-22-69-82(128)102-60(21-15-33-96-90(93)94)78(124)109-68(77(123)99-43-73(92)118)46-136-47-74(119)101-65(35-50-25-27-54(116)28-26-50)85(131)110(4)49(3)76(122)103-62(31-32-91)87(133)113-34-16-24-70(113)83(129)106-64(38-53-42-95-48-100-53)80(126)104-61(29-30-75(120)121)88(134)114-44-55(117)39-72(114)84(130)105-63(36-51-40-97-58-19-13-11-17-56(51)58)79(125)108-67(45-115)81(127)107-66(37-52-41-98-59-20-14-12-18-57(52)59)86(132)112(6)71(23-10-8-2)89(135)111(69)5/h11-14,17-20,25-28,40-42,48-49,55,60-72,97-98,115-117H,7-10,15-16,21-24,29-39,43-47,91H2,1-6H3,(H2,92,118)(H,95,100)(H,99,123)(H,101,119)(H,102,128)(H,103,122)(H,104,126)(H,105,130)(H,106,129)(H,107,127)(H,108,125)(H,109,124)(H,120,121)(H4,93,94,96)/t49-,55+,60-,61-,62-,63-,64-,65-,66-,67-,68?,69-,70-,71-,72-/m0/s1. The fraction of sp³-hybridized carbons (Fsp3) is 0.522. The number of aromatic hydroxyl groups is 1. The number of phenols is 1. The molecule has 3 aromatic heterocycles. The molecule has 3 aromatic carbocycles. The van der Waals surface area contributed by atoms with Crippen LogP contribution in [0.2, 0.25) is 0 Å². The molecule has 3 fully saturated rings. The van der Waals surface area contributed by atoms with Gasteiger partial charge in [0.1, 0.15) is 90.3 Å². The van der Waals surface area contributed by atoms with Crippen LogP contribution >= 0.6 is 11.8 Å². The second-order valence-corrected chi connectivity index (χ2v) is 35.2. The number of likely N-dealkylation sites (N-methyl/N-ethyl adjacent to an activating group) is 3. The number of benzene rings is 3. The minimum Gasteiger partial charge on any atom is -0.508 e. The van der Waals surface area contributed by atoms with Gasteiger partial charge in [-0.05, 0) is 106 Å². The molecule has 46 heteroatoms. The number of nitrogens with one attached hydrogen (secondary N) is 15. The molecule has 25 N–H and O–H groups in total. The molecule has 0 saturated carbocycles. The Balaban J connectivity index is 1.10. The van der Waals surface area contributed by atoms with Gasteiger partial charge in [0.2, 0.25) is 94.5 Å². The van der Waals surface area contributed by atoms with E-state index in [-0.39, 0.29) is 102 Å². The molecule has 0 radical (unpaired) electrons. The highest BCUT2D eigenvalue weighted by atomic mass is 32.2. The number of aliphatic hydroxyl groups excluding tert-OH is 2. The average molecular weight is 1910 g/mol. The van der Waals surface area contributed by atoms with Crippen LogP contribution in [0.5, 0.6) is 5.75 Å². The highest BCUT2D eigenvalue weighted by Gasteiger charge is 2.47. The summed E-state index contributed by atoms with van der Waals surface area (Å²) in [5.41, 5.74) is 20.0. The molecule has 15 atom stereocenters. The number of guanidine groups is 1. The molecule has 6 heterocycles. The summed E-state index contributed by atoms with van der Waals surface area (Å²) in [7, 11) is 3.92. The monoisotopic (exact) mass is 1910 g/mol. The smallest absolute Gasteiger partial charge is 0.303 e. The summed E-state index contributed by atoms with van der Waals surface area (Å²) < 4.78 is 0. The van der Waals surface area contributed by atoms with Crippen LogP contribution in [0.25, 0.3) is 21.8 Å². The third-order valence-electron chi connectivity index (χ3n) is 24.3. The molecule has 45 nitrogen and oxygen atoms in total. The van der Waals surface area contributed by atoms with E-state index in [1.54, 1.807) is 60.9 Å². The number of H-pyrrole nitrogens is 3. The number of hydrogen-bond acceptors (Lipinski definition) is 24. The number of carbonyl (C=O) groups is 17. The quantitative estimate of drug-likeness (QED) is 0.0134. The molecule has 6 aromatic rings. The molecular weight excluding hydrogens is 1790 g/mol. The summed E-state index contributed by atoms with van der Waals surface area (Å²) in [4.78, 5) is 268. The molecule has 16 amide bonds. The zero-order valence-electron chi connectivity index (χ0n) is 76.8. The summed E-state index contributed by atoms with van der Waals surface area (Å²) >= 11 is 0.772. The van der Waals surface area contributed by atoms with Crippen LogP contribution in [0.1, 0.15) is 133 Å². The number of para-hydroxylation sites is 2. The summed E-state index contributed by atoms with van der Waals surface area (Å²) in [5.74, 6) is -18.2. The predicted molar refractivity (Wildman–Crippen MR) is 497 cm³/mol. The number of phenolic OH excluding ortho intramolecular Hbond substituents is 1. The maximum atomic E-state index is 15.8. The van der Waals surface area contributed by atoms with Crippen LogP contribution in [0.4, 0.5) is 0 Å². The van der Waals surface area contributed by atoms with Crippen molar-refractivity contribution in [2.75, 3.05) is 72.0 Å². The number of carbonyl (C=O) groups excluding carboxylic acids is 16. The number of thioether (sulfide) groups is 1. The first-order valence-electron chi connectivity index (χ1n) is 45.3. The first-order valence-corrected chi connectivity index (χ1v) is 46.5. The van der Waals surface area contributed by atoms with Gasteiger partial charge in [-0.25, -0.2) is 4.98 Å². The number of aliphatic hydroxyl groups is 2. The maximum Gasteiger partial charge on any atom is 0.303 e. The van der Waals surface area contributed by atoms with Crippen molar-refractivity contribution in [2.45, 2.75) is 227 Å². The number of unbranched alkanes of at least 4 members (excludes halogenated alkanes) is 2. The zero-order chi connectivity index (χ0) is 99.1. The molecule has 738 valence electrons. The number of carboxylic acids is 1. The molecule has 1 unspecified atom stereocenters. The largest absolute Gasteiger partial charge is 0.508 e. The number of hydrogen-bond donors (Lipinski definition) is 22. The van der Waals surface area contributed by atoms with E-state index < -0.39 is 248 Å². The number of imidazole rings is 1. The highest BCUT2D eigenvalue weighted by molar-refractivity contribution is 8.00. The van der Waals surface area contributed by atoms with Crippen molar-refractivity contribution in [1.82, 2.24) is 103 Å². The molecular formula is C90H126N24O21S. The fourth-order valence-electron chi connectivity index (χ4n) is 16.6. The van der Waals surface area contributed by atoms with Crippen molar-refractivity contribution in [3.63, 3.8) is 0 Å². The second-order valence-electron chi connectivity index (χ2n) is 34.2. The zero-order valence-corrected chi connectivity index (χ0v) is 77.7. The highest BCUT2D eigenvalue weighted by Crippen LogP contribution is 2.28. The number of nitrogens with zero attached hydrogens (tertiary/aromatic N) is 6. The number of nitrogens with two attached hydrogens (primary N) is 3. The SMILES string of the molecule is CCCC[C@H]1C(=O)N(C)[C@@H](CCCC)C(=O)N[C@@H](CCCNC(=N)N)C(=O)NC(C(=O)NCC(N)=O)CSCC(=O)N[C@@H](Cc2ccc(O)cc2)C(=O)N(C)[C@@H](C)C(=O)N[C@@H](CCN)C(=O)N2CCC[C@H]2C(=O)N[C@@H](Cc2cnc[nH]2)C(=O)N[C@@H](CCC(=O)O)C(=O)N2C[C@H](O)C[C@H]2C(=O)N[C@@H](Cc2c[nH]c3ccccc23)C(=O)N[C@@H](CO)C(=O)N[C@@H](Cc2c[nH]c3ccccc23)C(=O)N1C. The Hall–Kier alpha value is -13.8. The van der Waals surface area contributed by atoms with E-state index in [1.165, 1.54) is 69.8 Å². The van der Waals surface area contributed by atoms with Crippen molar-refractivity contribution >= 4 is 140 Å². The van der Waals surface area contributed by atoms with Gasteiger partial charge < -0.3 is 136 Å². The van der Waals surface area contributed by atoms with Crippen LogP contribution in [0, 0.1) is 5.41 Å². The van der Waals surface area contributed by atoms with E-state index in [1.807, 2.05) is 13.8 Å². The van der Waals surface area contributed by atoms with Gasteiger partial charge in [-0.1, -0.05) is 88.1 Å². The number of fused-ring (bicyclic) bond motifs is 4. The normalized spacial score (nSPS) is 24.6. The van der Waals surface area contributed by atoms with E-state index in [0.717, 1.165) is 31.4 Å². The van der Waals surface area contributed by atoms with E-state index in [0.29, 0.717) is 64.2 Å². The first-order chi connectivity index (χ1) is 64.9. The summed E-state index contributed by atoms with van der Waals surface area (Å²) in [6, 6.07) is -2.57. The van der Waals surface area contributed by atoms with Crippen molar-refractivity contribution in [2.24, 2.45) is 17.2 Å². The van der Waals surface area contributed by atoms with Gasteiger partial charge in [-0.2, -0.15) is 0 Å². The lowest BCUT2D eigenvalue weighted by molar-refractivity contribution is -0.149. The van der Waals surface area contributed by atoms with Crippen molar-refractivity contribution < 1.29 is 102 Å². The van der Waals surface area contributed by atoms with Gasteiger partial charge in [-0.15, -0.1) is 11.8 Å². The molecule has 3 saturated heterocycles. The van der Waals surface area contributed by atoms with Gasteiger partial charge in [0.15, 0.2) is 5.96 Å². The number of rotatable bonds is 27. The van der Waals surface area contributed by atoms with E-state index in [4.69, 9.17) is 22.6 Å². The van der Waals surface area contributed by atoms with Crippen molar-refractivity contribution in [3.05, 3.63) is 120 Å². The second kappa shape index (κ2) is 51.1. The van der Waals surface area contributed by atoms with E-state index >= 15 is 38.4 Å². The van der Waals surface area contributed by atoms with Crippen LogP contribution in [-0.2, 0) is 107 Å². The summed E-state index contributed by atoms with van der Waals surface area (Å²) in [5, 5.41) is 80.9. The van der Waals surface area contributed by atoms with Crippen LogP contribution in [-0.4, -0.2) is 334 Å². The number of primary amides is 1. The van der Waals surface area contributed by atoms with Gasteiger partial charge in [0.25, 0.3) is 0 Å². The molecule has 3 aliphatic heterocycles. The van der Waals surface area contributed by atoms with Crippen molar-refractivity contribution in [3.8, 4) is 5.75 Å². The van der Waals surface area contributed by atoms with Gasteiger partial charge in [-0.3, -0.25) is 86.9 Å². The summed E-state index contributed by atoms with van der Waals surface area (Å²) in [6.45, 7) is 2.25. The maximum absolute atomic E-state index is 15.8. The van der Waals surface area contributed by atoms with Crippen molar-refractivity contribution in [1.29, 1.82) is 5.41 Å². The Morgan fingerprint density at radius 3 is 1.69 bits per heavy atom. The van der Waals surface area contributed by atoms with Gasteiger partial charge >= 0.3 is 5.97 Å². The Kier molecular flexibility index (Phi) is 39.8.